The third-order valence-corrected chi connectivity index (χ3v) is 4.83. The largest absolute Gasteiger partial charge is 0.466 e. The van der Waals surface area contributed by atoms with E-state index in [9.17, 15) is 19.1 Å². The highest BCUT2D eigenvalue weighted by Crippen LogP contribution is 2.57. The van der Waals surface area contributed by atoms with Crippen LogP contribution < -0.4 is 0 Å². The quantitative estimate of drug-likeness (QED) is 0.501. The van der Waals surface area contributed by atoms with Gasteiger partial charge in [0.15, 0.2) is 0 Å². The molecule has 108 valence electrons. The summed E-state index contributed by atoms with van der Waals surface area (Å²) in [5.41, 5.74) is 0. The number of carbonyl (C=O) groups is 1. The maximum absolute atomic E-state index is 11.7. The van der Waals surface area contributed by atoms with Crippen LogP contribution in [-0.4, -0.2) is 27.5 Å². The molecule has 0 aromatic carbocycles. The highest BCUT2D eigenvalue weighted by Gasteiger charge is 2.47. The summed E-state index contributed by atoms with van der Waals surface area (Å²) in [5, 5.41) is -1.25. The molecule has 0 saturated carbocycles. The monoisotopic (exact) mass is 280 g/mol. The molecule has 0 aromatic heterocycles. The van der Waals surface area contributed by atoms with Gasteiger partial charge in [0.25, 0.3) is 0 Å². The zero-order valence-electron chi connectivity index (χ0n) is 11.5. The zero-order valence-corrected chi connectivity index (χ0v) is 12.4. The summed E-state index contributed by atoms with van der Waals surface area (Å²) >= 11 is 0. The van der Waals surface area contributed by atoms with Gasteiger partial charge in [0.05, 0.1) is 18.2 Å². The third-order valence-electron chi connectivity index (χ3n) is 2.99. The molecule has 0 amide bonds. The SMILES string of the molecule is CCCOC(=O)CC(CCC)(CCC)P(=O)(O)O. The molecule has 5 nitrogen and oxygen atoms in total. The standard InChI is InChI=1S/C12H25O5P/c1-4-7-12(8-5-2,18(14,15)16)10-11(13)17-9-6-3/h4-10H2,1-3H3,(H2,14,15,16). The van der Waals surface area contributed by atoms with Gasteiger partial charge < -0.3 is 14.5 Å². The Bertz CT molecular complexity index is 291. The minimum atomic E-state index is -4.33. The fourth-order valence-corrected chi connectivity index (χ4v) is 3.53. The van der Waals surface area contributed by atoms with E-state index in [1.165, 1.54) is 0 Å². The van der Waals surface area contributed by atoms with E-state index in [2.05, 4.69) is 0 Å². The van der Waals surface area contributed by atoms with E-state index < -0.39 is 18.7 Å². The molecule has 0 aliphatic heterocycles. The highest BCUT2D eigenvalue weighted by molar-refractivity contribution is 7.53. The predicted molar refractivity (Wildman–Crippen MR) is 70.5 cm³/mol. The minimum Gasteiger partial charge on any atom is -0.466 e. The summed E-state index contributed by atoms with van der Waals surface area (Å²) in [4.78, 5) is 30.8. The Labute approximate surface area is 109 Å². The van der Waals surface area contributed by atoms with E-state index in [4.69, 9.17) is 4.74 Å². The lowest BCUT2D eigenvalue weighted by molar-refractivity contribution is -0.144. The average Bonchev–Trinajstić information content (AvgIpc) is 2.25. The van der Waals surface area contributed by atoms with Gasteiger partial charge in [-0.15, -0.1) is 0 Å². The first-order valence-corrected chi connectivity index (χ1v) is 8.15. The summed E-state index contributed by atoms with van der Waals surface area (Å²) in [6.45, 7) is 5.89. The summed E-state index contributed by atoms with van der Waals surface area (Å²) in [6.07, 6.45) is 2.45. The molecule has 2 N–H and O–H groups in total. The van der Waals surface area contributed by atoms with Crippen LogP contribution in [0, 0.1) is 0 Å². The second kappa shape index (κ2) is 7.93. The summed E-state index contributed by atoms with van der Waals surface area (Å²) in [7, 11) is -4.33. The van der Waals surface area contributed by atoms with Crippen molar-refractivity contribution in [2.45, 2.75) is 64.5 Å². The van der Waals surface area contributed by atoms with Crippen molar-refractivity contribution in [1.82, 2.24) is 0 Å². The second-order valence-corrected chi connectivity index (χ2v) is 6.70. The fourth-order valence-electron chi connectivity index (χ4n) is 2.16. The first kappa shape index (κ1) is 17.6. The molecule has 0 aliphatic carbocycles. The van der Waals surface area contributed by atoms with Crippen molar-refractivity contribution in [2.24, 2.45) is 0 Å². The van der Waals surface area contributed by atoms with Crippen molar-refractivity contribution in [2.75, 3.05) is 6.61 Å². The van der Waals surface area contributed by atoms with Crippen molar-refractivity contribution in [3.63, 3.8) is 0 Å². The zero-order chi connectivity index (χ0) is 14.2. The Hall–Kier alpha value is -0.380. The van der Waals surface area contributed by atoms with Gasteiger partial charge in [-0.2, -0.15) is 0 Å². The number of hydrogen-bond donors (Lipinski definition) is 2. The van der Waals surface area contributed by atoms with Crippen LogP contribution in [0.3, 0.4) is 0 Å². The molecule has 0 unspecified atom stereocenters. The lowest BCUT2D eigenvalue weighted by atomic mass is 9.93. The lowest BCUT2D eigenvalue weighted by Gasteiger charge is -2.33. The van der Waals surface area contributed by atoms with Crippen LogP contribution in [0.25, 0.3) is 0 Å². The first-order valence-electron chi connectivity index (χ1n) is 6.54. The van der Waals surface area contributed by atoms with E-state index in [1.807, 2.05) is 20.8 Å². The van der Waals surface area contributed by atoms with E-state index >= 15 is 0 Å². The van der Waals surface area contributed by atoms with Crippen LogP contribution in [-0.2, 0) is 14.1 Å². The minimum absolute atomic E-state index is 0.195. The van der Waals surface area contributed by atoms with Crippen LogP contribution in [0.2, 0.25) is 0 Å². The molecule has 0 aliphatic rings. The Morgan fingerprint density at radius 2 is 1.61 bits per heavy atom. The van der Waals surface area contributed by atoms with Crippen LogP contribution >= 0.6 is 7.60 Å². The topological polar surface area (TPSA) is 83.8 Å². The highest BCUT2D eigenvalue weighted by atomic mass is 31.2. The number of esters is 1. The molecule has 0 bridgehead atoms. The average molecular weight is 280 g/mol. The van der Waals surface area contributed by atoms with E-state index in [1.54, 1.807) is 0 Å². The molecule has 0 spiro atoms. The fraction of sp³-hybridized carbons (Fsp3) is 0.917. The van der Waals surface area contributed by atoms with Crippen molar-refractivity contribution in [3.05, 3.63) is 0 Å². The van der Waals surface area contributed by atoms with Crippen molar-refractivity contribution < 1.29 is 23.9 Å². The number of rotatable bonds is 9. The first-order chi connectivity index (χ1) is 8.33. The second-order valence-electron chi connectivity index (χ2n) is 4.67. The third kappa shape index (κ3) is 5.09. The van der Waals surface area contributed by atoms with Gasteiger partial charge in [-0.05, 0) is 19.3 Å². The van der Waals surface area contributed by atoms with Gasteiger partial charge in [-0.3, -0.25) is 9.36 Å². The summed E-state index contributed by atoms with van der Waals surface area (Å²) in [6, 6.07) is 0. The van der Waals surface area contributed by atoms with Crippen molar-refractivity contribution in [3.8, 4) is 0 Å². The molecule has 0 radical (unpaired) electrons. The molecule has 6 heteroatoms. The molecule has 0 saturated heterocycles. The molecule has 0 atom stereocenters. The predicted octanol–water partition coefficient (Wildman–Crippen LogP) is 2.85. The van der Waals surface area contributed by atoms with E-state index in [0.29, 0.717) is 38.7 Å². The Kier molecular flexibility index (Phi) is 7.76. The molecule has 18 heavy (non-hydrogen) atoms. The Morgan fingerprint density at radius 3 is 1.94 bits per heavy atom. The smallest absolute Gasteiger partial charge is 0.332 e. The van der Waals surface area contributed by atoms with Crippen LogP contribution in [0.1, 0.15) is 59.3 Å². The maximum atomic E-state index is 11.7. The molecule has 0 rings (SSSR count). The molecule has 0 aromatic rings. The van der Waals surface area contributed by atoms with Crippen LogP contribution in [0.15, 0.2) is 0 Å². The number of ether oxygens (including phenoxy) is 1. The Morgan fingerprint density at radius 1 is 1.11 bits per heavy atom. The van der Waals surface area contributed by atoms with Gasteiger partial charge in [-0.1, -0.05) is 33.6 Å². The normalized spacial score (nSPS) is 12.5. The Balaban J connectivity index is 4.94. The lowest BCUT2D eigenvalue weighted by Crippen LogP contribution is -2.32. The van der Waals surface area contributed by atoms with Gasteiger partial charge in [-0.25, -0.2) is 0 Å². The van der Waals surface area contributed by atoms with Gasteiger partial charge >= 0.3 is 13.6 Å². The summed E-state index contributed by atoms with van der Waals surface area (Å²) in [5.74, 6) is -0.512. The maximum Gasteiger partial charge on any atom is 0.332 e. The van der Waals surface area contributed by atoms with Crippen LogP contribution in [0.4, 0.5) is 0 Å². The van der Waals surface area contributed by atoms with Gasteiger partial charge in [0, 0.05) is 0 Å². The number of carbonyl (C=O) groups excluding carboxylic acids is 1. The van der Waals surface area contributed by atoms with E-state index in [-0.39, 0.29) is 6.42 Å². The van der Waals surface area contributed by atoms with Gasteiger partial charge in [0.2, 0.25) is 0 Å². The molecule has 0 fully saturated rings. The number of hydrogen-bond acceptors (Lipinski definition) is 3. The molecular weight excluding hydrogens is 255 g/mol. The van der Waals surface area contributed by atoms with Gasteiger partial charge in [0.1, 0.15) is 0 Å². The van der Waals surface area contributed by atoms with Crippen molar-refractivity contribution in [1.29, 1.82) is 0 Å². The van der Waals surface area contributed by atoms with Crippen molar-refractivity contribution >= 4 is 13.6 Å². The molecule has 0 heterocycles. The molecular formula is C12H25O5P. The van der Waals surface area contributed by atoms with Crippen LogP contribution in [0.5, 0.6) is 0 Å². The van der Waals surface area contributed by atoms with E-state index in [0.717, 1.165) is 0 Å². The summed E-state index contributed by atoms with van der Waals surface area (Å²) < 4.78 is 16.7.